The fourth-order valence-electron chi connectivity index (χ4n) is 3.64. The van der Waals surface area contributed by atoms with E-state index in [1.165, 1.54) is 17.2 Å². The molecule has 1 N–H and O–H groups in total. The molecule has 1 fully saturated rings. The van der Waals surface area contributed by atoms with Crippen LogP contribution in [0.4, 0.5) is 0 Å². The quantitative estimate of drug-likeness (QED) is 0.838. The van der Waals surface area contributed by atoms with E-state index < -0.39 is 9.84 Å². The van der Waals surface area contributed by atoms with Crippen LogP contribution < -0.4 is 5.32 Å². The van der Waals surface area contributed by atoms with Crippen molar-refractivity contribution in [1.29, 1.82) is 0 Å². The maximum atomic E-state index is 12.7. The summed E-state index contributed by atoms with van der Waals surface area (Å²) >= 11 is 0. The van der Waals surface area contributed by atoms with Gasteiger partial charge < -0.3 is 5.32 Å². The molecule has 0 aromatic heterocycles. The molecular formula is C22H28N2O3S. The second kappa shape index (κ2) is 8.45. The van der Waals surface area contributed by atoms with Crippen LogP contribution in [0.3, 0.4) is 0 Å². The van der Waals surface area contributed by atoms with Gasteiger partial charge in [-0.2, -0.15) is 0 Å². The molecule has 0 unspecified atom stereocenters. The lowest BCUT2D eigenvalue weighted by atomic mass is 10.0. The van der Waals surface area contributed by atoms with Gasteiger partial charge in [-0.3, -0.25) is 9.69 Å². The molecule has 6 heteroatoms. The van der Waals surface area contributed by atoms with Crippen molar-refractivity contribution in [3.05, 3.63) is 64.7 Å². The molecule has 3 rings (SSSR count). The minimum Gasteiger partial charge on any atom is -0.349 e. The highest BCUT2D eigenvalue weighted by Gasteiger charge is 2.22. The van der Waals surface area contributed by atoms with Gasteiger partial charge in [0.1, 0.15) is 0 Å². The van der Waals surface area contributed by atoms with E-state index in [0.717, 1.165) is 44.3 Å². The summed E-state index contributed by atoms with van der Waals surface area (Å²) in [7, 11) is -3.34. The number of amides is 1. The van der Waals surface area contributed by atoms with Gasteiger partial charge in [0.15, 0.2) is 9.84 Å². The standard InChI is InChI=1S/C22H28N2O3S/c1-16-5-4-6-18(13-16)15-24-11-9-19(10-12-24)23-22(25)21-14-20(28(3,26)27)8-7-17(21)2/h4-8,13-14,19H,9-12,15H2,1-3H3,(H,23,25). The number of benzene rings is 2. The molecule has 1 amide bonds. The fraction of sp³-hybridized carbons (Fsp3) is 0.409. The van der Waals surface area contributed by atoms with Crippen molar-refractivity contribution < 1.29 is 13.2 Å². The van der Waals surface area contributed by atoms with E-state index in [1.54, 1.807) is 12.1 Å². The van der Waals surface area contributed by atoms with Gasteiger partial charge in [0.2, 0.25) is 0 Å². The van der Waals surface area contributed by atoms with Crippen molar-refractivity contribution in [2.75, 3.05) is 19.3 Å². The number of rotatable bonds is 5. The number of sulfone groups is 1. The Bertz CT molecular complexity index is 961. The van der Waals surface area contributed by atoms with Gasteiger partial charge in [0.25, 0.3) is 5.91 Å². The summed E-state index contributed by atoms with van der Waals surface area (Å²) < 4.78 is 23.6. The highest BCUT2D eigenvalue weighted by atomic mass is 32.2. The van der Waals surface area contributed by atoms with Crippen LogP contribution >= 0.6 is 0 Å². The van der Waals surface area contributed by atoms with Crippen molar-refractivity contribution in [2.24, 2.45) is 0 Å². The molecular weight excluding hydrogens is 372 g/mol. The third-order valence-corrected chi connectivity index (χ3v) is 6.40. The van der Waals surface area contributed by atoms with E-state index in [0.29, 0.717) is 5.56 Å². The number of carbonyl (C=O) groups is 1. The van der Waals surface area contributed by atoms with E-state index >= 15 is 0 Å². The van der Waals surface area contributed by atoms with Crippen LogP contribution in [-0.2, 0) is 16.4 Å². The molecule has 0 aliphatic carbocycles. The predicted octanol–water partition coefficient (Wildman–Crippen LogP) is 3.10. The highest BCUT2D eigenvalue weighted by Crippen LogP contribution is 2.18. The third kappa shape index (κ3) is 5.20. The number of aryl methyl sites for hydroxylation is 2. The lowest BCUT2D eigenvalue weighted by Crippen LogP contribution is -2.44. The number of hydrogen-bond donors (Lipinski definition) is 1. The maximum absolute atomic E-state index is 12.7. The van der Waals surface area contributed by atoms with E-state index in [4.69, 9.17) is 0 Å². The summed E-state index contributed by atoms with van der Waals surface area (Å²) in [5.74, 6) is -0.194. The molecule has 0 radical (unpaired) electrons. The topological polar surface area (TPSA) is 66.5 Å². The fourth-order valence-corrected chi connectivity index (χ4v) is 4.29. The van der Waals surface area contributed by atoms with Gasteiger partial charge in [-0.25, -0.2) is 8.42 Å². The Kier molecular flexibility index (Phi) is 6.20. The van der Waals surface area contributed by atoms with E-state index in [-0.39, 0.29) is 16.8 Å². The first kappa shape index (κ1) is 20.6. The molecule has 2 aromatic carbocycles. The predicted molar refractivity (Wildman–Crippen MR) is 111 cm³/mol. The van der Waals surface area contributed by atoms with E-state index in [9.17, 15) is 13.2 Å². The lowest BCUT2D eigenvalue weighted by Gasteiger charge is -2.32. The Morgan fingerprint density at radius 2 is 1.82 bits per heavy atom. The molecule has 0 bridgehead atoms. The van der Waals surface area contributed by atoms with E-state index in [1.807, 2.05) is 6.92 Å². The van der Waals surface area contributed by atoms with Gasteiger partial charge in [-0.15, -0.1) is 0 Å². The SMILES string of the molecule is Cc1cccc(CN2CCC(NC(=O)c3cc(S(C)(=O)=O)ccc3C)CC2)c1. The molecule has 5 nitrogen and oxygen atoms in total. The Labute approximate surface area is 167 Å². The van der Waals surface area contributed by atoms with Gasteiger partial charge >= 0.3 is 0 Å². The van der Waals surface area contributed by atoms with Crippen LogP contribution in [0.2, 0.25) is 0 Å². The van der Waals surface area contributed by atoms with Crippen LogP contribution in [0, 0.1) is 13.8 Å². The zero-order valence-corrected chi connectivity index (χ0v) is 17.6. The highest BCUT2D eigenvalue weighted by molar-refractivity contribution is 7.90. The van der Waals surface area contributed by atoms with Crippen molar-refractivity contribution in [3.63, 3.8) is 0 Å². The number of carbonyl (C=O) groups excluding carboxylic acids is 1. The summed E-state index contributed by atoms with van der Waals surface area (Å²) in [6.07, 6.45) is 2.94. The first-order chi connectivity index (χ1) is 13.2. The molecule has 0 saturated carbocycles. The molecule has 0 spiro atoms. The minimum atomic E-state index is -3.34. The Morgan fingerprint density at radius 1 is 1.11 bits per heavy atom. The zero-order chi connectivity index (χ0) is 20.3. The molecule has 1 aliphatic heterocycles. The average Bonchev–Trinajstić information content (AvgIpc) is 2.62. The number of likely N-dealkylation sites (tertiary alicyclic amines) is 1. The van der Waals surface area contributed by atoms with Crippen molar-refractivity contribution in [1.82, 2.24) is 10.2 Å². The summed E-state index contributed by atoms with van der Waals surface area (Å²) in [6, 6.07) is 13.4. The van der Waals surface area contributed by atoms with Crippen LogP contribution in [0.25, 0.3) is 0 Å². The normalized spacial score (nSPS) is 16.1. The molecule has 0 atom stereocenters. The summed E-state index contributed by atoms with van der Waals surface area (Å²) in [5.41, 5.74) is 3.80. The number of nitrogens with zero attached hydrogens (tertiary/aromatic N) is 1. The molecule has 1 heterocycles. The average molecular weight is 401 g/mol. The largest absolute Gasteiger partial charge is 0.349 e. The molecule has 150 valence electrons. The first-order valence-electron chi connectivity index (χ1n) is 9.62. The number of piperidine rings is 1. The minimum absolute atomic E-state index is 0.113. The van der Waals surface area contributed by atoms with Gasteiger partial charge in [0, 0.05) is 37.5 Å². The van der Waals surface area contributed by atoms with Crippen LogP contribution in [0.15, 0.2) is 47.4 Å². The number of nitrogens with one attached hydrogen (secondary N) is 1. The second-order valence-corrected chi connectivity index (χ2v) is 9.78. The number of hydrogen-bond acceptors (Lipinski definition) is 4. The van der Waals surface area contributed by atoms with Crippen LogP contribution in [0.1, 0.15) is 39.9 Å². The van der Waals surface area contributed by atoms with E-state index in [2.05, 4.69) is 41.4 Å². The van der Waals surface area contributed by atoms with Crippen molar-refractivity contribution in [2.45, 2.75) is 44.2 Å². The molecule has 28 heavy (non-hydrogen) atoms. The van der Waals surface area contributed by atoms with Gasteiger partial charge in [-0.1, -0.05) is 35.9 Å². The summed E-state index contributed by atoms with van der Waals surface area (Å²) in [6.45, 7) is 6.72. The maximum Gasteiger partial charge on any atom is 0.251 e. The zero-order valence-electron chi connectivity index (χ0n) is 16.7. The summed E-state index contributed by atoms with van der Waals surface area (Å²) in [5, 5.41) is 3.09. The Balaban J connectivity index is 1.58. The van der Waals surface area contributed by atoms with Gasteiger partial charge in [-0.05, 0) is 49.9 Å². The Morgan fingerprint density at radius 3 is 2.46 bits per heavy atom. The summed E-state index contributed by atoms with van der Waals surface area (Å²) in [4.78, 5) is 15.3. The second-order valence-electron chi connectivity index (χ2n) is 7.76. The van der Waals surface area contributed by atoms with Crippen molar-refractivity contribution in [3.8, 4) is 0 Å². The van der Waals surface area contributed by atoms with Crippen LogP contribution in [0.5, 0.6) is 0 Å². The monoisotopic (exact) mass is 400 g/mol. The Hall–Kier alpha value is -2.18. The molecule has 2 aromatic rings. The van der Waals surface area contributed by atoms with Crippen LogP contribution in [-0.4, -0.2) is 44.6 Å². The molecule has 1 saturated heterocycles. The smallest absolute Gasteiger partial charge is 0.251 e. The first-order valence-corrected chi connectivity index (χ1v) is 11.5. The molecule has 1 aliphatic rings. The lowest BCUT2D eigenvalue weighted by molar-refractivity contribution is 0.0908. The third-order valence-electron chi connectivity index (χ3n) is 5.29. The van der Waals surface area contributed by atoms with Gasteiger partial charge in [0.05, 0.1) is 4.90 Å². The van der Waals surface area contributed by atoms with Crippen molar-refractivity contribution >= 4 is 15.7 Å².